The largest absolute Gasteiger partial charge is 0.443 e. The molecule has 2 aromatic rings. The van der Waals surface area contributed by atoms with Crippen LogP contribution in [0.2, 0.25) is 0 Å². The molecule has 1 N–H and O–H groups in total. The lowest BCUT2D eigenvalue weighted by Crippen LogP contribution is -2.36. The number of fused-ring (bicyclic) bond motifs is 1. The van der Waals surface area contributed by atoms with E-state index in [4.69, 9.17) is 9.68 Å². The zero-order valence-electron chi connectivity index (χ0n) is 10.9. The molecule has 0 bridgehead atoms. The quantitative estimate of drug-likeness (QED) is 0.909. The van der Waals surface area contributed by atoms with Crippen LogP contribution in [0.25, 0.3) is 11.1 Å². The lowest BCUT2D eigenvalue weighted by molar-refractivity contribution is -0.126. The Kier molecular flexibility index (Phi) is 3.52. The number of carbonyl (C=O) groups excluding carboxylic acids is 1. The number of carbonyl (C=O) groups is 1. The summed E-state index contributed by atoms with van der Waals surface area (Å²) >= 11 is 0. The smallest absolute Gasteiger partial charge is 0.239 e. The maximum absolute atomic E-state index is 11.7. The minimum Gasteiger partial charge on any atom is -0.443 e. The highest BCUT2D eigenvalue weighted by Gasteiger charge is 2.26. The van der Waals surface area contributed by atoms with Crippen LogP contribution < -0.4 is 5.32 Å². The number of nitriles is 1. The third-order valence-corrected chi connectivity index (χ3v) is 2.94. The first kappa shape index (κ1) is 13.1. The van der Waals surface area contributed by atoms with Gasteiger partial charge in [0.15, 0.2) is 12.0 Å². The highest BCUT2D eigenvalue weighted by atomic mass is 16.3. The van der Waals surface area contributed by atoms with Crippen LogP contribution in [0.5, 0.6) is 0 Å². The molecule has 19 heavy (non-hydrogen) atoms. The summed E-state index contributed by atoms with van der Waals surface area (Å²) in [7, 11) is 0. The second-order valence-corrected chi connectivity index (χ2v) is 4.90. The Morgan fingerprint density at radius 1 is 1.53 bits per heavy atom. The second-order valence-electron chi connectivity index (χ2n) is 4.90. The van der Waals surface area contributed by atoms with Crippen LogP contribution in [-0.4, -0.2) is 17.4 Å². The standard InChI is InChI=1S/C14H15N3O2/c1-14(2,8-15)13(18)16-6-5-10-3-4-11-12(7-10)19-9-17-11/h3-4,7,9H,5-6H2,1-2H3,(H,16,18). The number of hydrogen-bond acceptors (Lipinski definition) is 4. The van der Waals surface area contributed by atoms with E-state index in [0.717, 1.165) is 16.7 Å². The van der Waals surface area contributed by atoms with Crippen molar-refractivity contribution < 1.29 is 9.21 Å². The molecule has 0 saturated carbocycles. The third-order valence-electron chi connectivity index (χ3n) is 2.94. The first-order valence-electron chi connectivity index (χ1n) is 6.04. The summed E-state index contributed by atoms with van der Waals surface area (Å²) in [6.07, 6.45) is 2.09. The van der Waals surface area contributed by atoms with Gasteiger partial charge < -0.3 is 9.73 Å². The van der Waals surface area contributed by atoms with Crippen molar-refractivity contribution in [2.45, 2.75) is 20.3 Å². The number of amides is 1. The van der Waals surface area contributed by atoms with Crippen molar-refractivity contribution in [2.75, 3.05) is 6.54 Å². The average molecular weight is 257 g/mol. The Bertz CT molecular complexity index is 637. The topological polar surface area (TPSA) is 78.9 Å². The van der Waals surface area contributed by atoms with Crippen LogP contribution in [0.1, 0.15) is 19.4 Å². The number of oxazole rings is 1. The summed E-state index contributed by atoms with van der Waals surface area (Å²) in [5, 5.41) is 11.6. The van der Waals surface area contributed by atoms with E-state index in [9.17, 15) is 4.79 Å². The molecule has 2 rings (SSSR count). The van der Waals surface area contributed by atoms with Gasteiger partial charge in [-0.15, -0.1) is 0 Å². The lowest BCUT2D eigenvalue weighted by atomic mass is 9.95. The summed E-state index contributed by atoms with van der Waals surface area (Å²) in [4.78, 5) is 15.7. The monoisotopic (exact) mass is 257 g/mol. The van der Waals surface area contributed by atoms with Gasteiger partial charge in [0.05, 0.1) is 6.07 Å². The fourth-order valence-electron chi connectivity index (χ4n) is 1.65. The molecule has 0 saturated heterocycles. The van der Waals surface area contributed by atoms with Gasteiger partial charge in [0.1, 0.15) is 10.9 Å². The Balaban J connectivity index is 1.92. The number of nitrogens with one attached hydrogen (secondary N) is 1. The summed E-state index contributed by atoms with van der Waals surface area (Å²) in [5.41, 5.74) is 1.62. The van der Waals surface area contributed by atoms with Gasteiger partial charge in [-0.25, -0.2) is 4.98 Å². The molecule has 0 radical (unpaired) electrons. The number of aromatic nitrogens is 1. The number of rotatable bonds is 4. The SMILES string of the molecule is CC(C)(C#N)C(=O)NCCc1ccc2ncoc2c1. The number of benzene rings is 1. The molecule has 0 aliphatic carbocycles. The fraction of sp³-hybridized carbons (Fsp3) is 0.357. The molecule has 1 amide bonds. The molecule has 0 aliphatic heterocycles. The van der Waals surface area contributed by atoms with Crippen molar-refractivity contribution in [3.63, 3.8) is 0 Å². The van der Waals surface area contributed by atoms with Gasteiger partial charge in [0.25, 0.3) is 0 Å². The second kappa shape index (κ2) is 5.11. The Labute approximate surface area is 111 Å². The molecule has 0 aliphatic rings. The molecule has 0 spiro atoms. The van der Waals surface area contributed by atoms with Gasteiger partial charge in [-0.2, -0.15) is 5.26 Å². The van der Waals surface area contributed by atoms with Crippen molar-refractivity contribution in [3.8, 4) is 6.07 Å². The normalized spacial score (nSPS) is 11.2. The van der Waals surface area contributed by atoms with Gasteiger partial charge in [0.2, 0.25) is 5.91 Å². The summed E-state index contributed by atoms with van der Waals surface area (Å²) < 4.78 is 5.22. The molecule has 5 nitrogen and oxygen atoms in total. The summed E-state index contributed by atoms with van der Waals surface area (Å²) in [6, 6.07) is 7.72. The zero-order valence-corrected chi connectivity index (χ0v) is 10.9. The van der Waals surface area contributed by atoms with E-state index in [1.165, 1.54) is 6.39 Å². The van der Waals surface area contributed by atoms with E-state index in [2.05, 4.69) is 10.3 Å². The molecule has 1 heterocycles. The average Bonchev–Trinajstić information content (AvgIpc) is 2.86. The van der Waals surface area contributed by atoms with Crippen molar-refractivity contribution >= 4 is 17.0 Å². The number of hydrogen-bond donors (Lipinski definition) is 1. The minimum atomic E-state index is -0.991. The van der Waals surface area contributed by atoms with E-state index >= 15 is 0 Å². The van der Waals surface area contributed by atoms with E-state index in [-0.39, 0.29) is 5.91 Å². The van der Waals surface area contributed by atoms with Crippen LogP contribution in [0.3, 0.4) is 0 Å². The van der Waals surface area contributed by atoms with E-state index in [1.807, 2.05) is 24.3 Å². The van der Waals surface area contributed by atoms with Crippen molar-refractivity contribution in [3.05, 3.63) is 30.2 Å². The highest BCUT2D eigenvalue weighted by Crippen LogP contribution is 2.15. The van der Waals surface area contributed by atoms with Gasteiger partial charge in [-0.1, -0.05) is 6.07 Å². The predicted octanol–water partition coefficient (Wildman–Crippen LogP) is 2.04. The predicted molar refractivity (Wildman–Crippen MR) is 70.1 cm³/mol. The molecule has 1 aromatic carbocycles. The minimum absolute atomic E-state index is 0.254. The van der Waals surface area contributed by atoms with Crippen LogP contribution >= 0.6 is 0 Å². The fourth-order valence-corrected chi connectivity index (χ4v) is 1.65. The Morgan fingerprint density at radius 3 is 3.05 bits per heavy atom. The van der Waals surface area contributed by atoms with Gasteiger partial charge in [0, 0.05) is 6.54 Å². The molecule has 0 unspecified atom stereocenters. The maximum Gasteiger partial charge on any atom is 0.239 e. The third kappa shape index (κ3) is 2.91. The molecule has 1 aromatic heterocycles. The van der Waals surface area contributed by atoms with Crippen LogP contribution in [0, 0.1) is 16.7 Å². The summed E-state index contributed by atoms with van der Waals surface area (Å²) in [5.74, 6) is -0.254. The maximum atomic E-state index is 11.7. The van der Waals surface area contributed by atoms with Crippen LogP contribution in [-0.2, 0) is 11.2 Å². The Hall–Kier alpha value is -2.35. The van der Waals surface area contributed by atoms with E-state index in [1.54, 1.807) is 13.8 Å². The molecule has 0 atom stereocenters. The zero-order chi connectivity index (χ0) is 13.9. The lowest BCUT2D eigenvalue weighted by Gasteiger charge is -2.14. The molecular weight excluding hydrogens is 242 g/mol. The molecular formula is C14H15N3O2. The number of nitrogens with zero attached hydrogens (tertiary/aromatic N) is 2. The molecule has 5 heteroatoms. The van der Waals surface area contributed by atoms with E-state index < -0.39 is 5.41 Å². The van der Waals surface area contributed by atoms with Crippen molar-refractivity contribution in [1.82, 2.24) is 10.3 Å². The first-order valence-corrected chi connectivity index (χ1v) is 6.04. The van der Waals surface area contributed by atoms with Crippen molar-refractivity contribution in [1.29, 1.82) is 5.26 Å². The van der Waals surface area contributed by atoms with Gasteiger partial charge in [-0.05, 0) is 38.0 Å². The Morgan fingerprint density at radius 2 is 2.32 bits per heavy atom. The summed E-state index contributed by atoms with van der Waals surface area (Å²) in [6.45, 7) is 3.69. The molecule has 98 valence electrons. The van der Waals surface area contributed by atoms with Gasteiger partial charge in [-0.3, -0.25) is 4.79 Å². The first-order chi connectivity index (χ1) is 9.03. The van der Waals surface area contributed by atoms with Crippen LogP contribution in [0.4, 0.5) is 0 Å². The highest BCUT2D eigenvalue weighted by molar-refractivity contribution is 5.84. The van der Waals surface area contributed by atoms with Crippen LogP contribution in [0.15, 0.2) is 29.0 Å². The van der Waals surface area contributed by atoms with Crippen molar-refractivity contribution in [2.24, 2.45) is 5.41 Å². The van der Waals surface area contributed by atoms with Gasteiger partial charge >= 0.3 is 0 Å². The molecule has 0 fully saturated rings. The van der Waals surface area contributed by atoms with E-state index in [0.29, 0.717) is 13.0 Å².